The van der Waals surface area contributed by atoms with Gasteiger partial charge in [0.1, 0.15) is 5.75 Å². The van der Waals surface area contributed by atoms with E-state index in [4.69, 9.17) is 9.84 Å². The fourth-order valence-corrected chi connectivity index (χ4v) is 2.58. The Morgan fingerprint density at radius 1 is 1.38 bits per heavy atom. The van der Waals surface area contributed by atoms with E-state index in [0.29, 0.717) is 12.3 Å². The number of aromatic nitrogens is 1. The predicted molar refractivity (Wildman–Crippen MR) is 77.9 cm³/mol. The summed E-state index contributed by atoms with van der Waals surface area (Å²) < 4.78 is 5.24. The molecule has 0 bridgehead atoms. The second-order valence-corrected chi connectivity index (χ2v) is 5.17. The van der Waals surface area contributed by atoms with Gasteiger partial charge in [-0.25, -0.2) is 9.78 Å². The zero-order chi connectivity index (χ0) is 15.4. The number of thiazole rings is 1. The van der Waals surface area contributed by atoms with Gasteiger partial charge in [0.2, 0.25) is 0 Å². The van der Waals surface area contributed by atoms with Gasteiger partial charge in [-0.05, 0) is 6.07 Å². The molecule has 1 N–H and O–H groups in total. The Hall–Kier alpha value is -2.41. The predicted octanol–water partition coefficient (Wildman–Crippen LogP) is 2.12. The number of carboxylic acid groups (broad SMARTS) is 1. The number of rotatable bonds is 5. The molecule has 110 valence electrons. The number of carboxylic acids is 1. The van der Waals surface area contributed by atoms with E-state index in [-0.39, 0.29) is 16.6 Å². The van der Waals surface area contributed by atoms with E-state index in [1.807, 2.05) is 24.3 Å². The van der Waals surface area contributed by atoms with Crippen molar-refractivity contribution in [1.29, 1.82) is 0 Å². The first kappa shape index (κ1) is 15.0. The van der Waals surface area contributed by atoms with Crippen LogP contribution in [-0.2, 0) is 6.54 Å². The Labute approximate surface area is 125 Å². The van der Waals surface area contributed by atoms with Gasteiger partial charge >= 0.3 is 5.97 Å². The molecule has 0 atom stereocenters. The SMILES string of the molecule is COc1ccccc1CN(C)C(=O)c1nc(C(=O)O)cs1. The first-order chi connectivity index (χ1) is 10.0. The number of benzene rings is 1. The van der Waals surface area contributed by atoms with Gasteiger partial charge in [-0.3, -0.25) is 4.79 Å². The van der Waals surface area contributed by atoms with E-state index in [1.54, 1.807) is 14.2 Å². The second-order valence-electron chi connectivity index (χ2n) is 4.32. The molecule has 0 spiro atoms. The molecule has 1 aromatic heterocycles. The van der Waals surface area contributed by atoms with Gasteiger partial charge in [0, 0.05) is 24.5 Å². The molecule has 0 aliphatic heterocycles. The van der Waals surface area contributed by atoms with Gasteiger partial charge in [-0.2, -0.15) is 0 Å². The highest BCUT2D eigenvalue weighted by Crippen LogP contribution is 2.20. The first-order valence-corrected chi connectivity index (χ1v) is 6.97. The number of hydrogen-bond acceptors (Lipinski definition) is 5. The number of ether oxygens (including phenoxy) is 1. The Morgan fingerprint density at radius 3 is 2.71 bits per heavy atom. The summed E-state index contributed by atoms with van der Waals surface area (Å²) in [7, 11) is 3.21. The highest BCUT2D eigenvalue weighted by atomic mass is 32.1. The number of nitrogens with zero attached hydrogens (tertiary/aromatic N) is 2. The van der Waals surface area contributed by atoms with Crippen molar-refractivity contribution in [2.75, 3.05) is 14.2 Å². The maximum absolute atomic E-state index is 12.2. The molecular formula is C14H14N2O4S. The molecule has 1 heterocycles. The molecule has 0 saturated heterocycles. The van der Waals surface area contributed by atoms with Crippen LogP contribution < -0.4 is 4.74 Å². The Bertz CT molecular complexity index is 668. The van der Waals surface area contributed by atoms with Gasteiger partial charge in [-0.15, -0.1) is 11.3 Å². The lowest BCUT2D eigenvalue weighted by Gasteiger charge is -2.17. The third-order valence-corrected chi connectivity index (χ3v) is 3.68. The van der Waals surface area contributed by atoms with E-state index in [1.165, 1.54) is 10.3 Å². The van der Waals surface area contributed by atoms with Gasteiger partial charge in [-0.1, -0.05) is 18.2 Å². The summed E-state index contributed by atoms with van der Waals surface area (Å²) >= 11 is 1.02. The fourth-order valence-electron chi connectivity index (χ4n) is 1.79. The number of carbonyl (C=O) groups is 2. The van der Waals surface area contributed by atoms with E-state index < -0.39 is 5.97 Å². The maximum Gasteiger partial charge on any atom is 0.355 e. The number of para-hydroxylation sites is 1. The van der Waals surface area contributed by atoms with Crippen molar-refractivity contribution >= 4 is 23.2 Å². The topological polar surface area (TPSA) is 79.7 Å². The summed E-state index contributed by atoms with van der Waals surface area (Å²) in [6.07, 6.45) is 0. The van der Waals surface area contributed by atoms with Crippen LogP contribution in [0.4, 0.5) is 0 Å². The van der Waals surface area contributed by atoms with Crippen molar-refractivity contribution in [2.45, 2.75) is 6.54 Å². The summed E-state index contributed by atoms with van der Waals surface area (Å²) in [4.78, 5) is 28.3. The molecule has 2 rings (SSSR count). The minimum atomic E-state index is -1.14. The lowest BCUT2D eigenvalue weighted by molar-refractivity contribution is 0.0691. The molecule has 0 aliphatic rings. The average Bonchev–Trinajstić information content (AvgIpc) is 2.97. The van der Waals surface area contributed by atoms with Crippen molar-refractivity contribution in [1.82, 2.24) is 9.88 Å². The second kappa shape index (κ2) is 6.36. The number of hydrogen-bond donors (Lipinski definition) is 1. The van der Waals surface area contributed by atoms with Crippen molar-refractivity contribution < 1.29 is 19.4 Å². The molecular weight excluding hydrogens is 292 g/mol. The highest BCUT2D eigenvalue weighted by molar-refractivity contribution is 7.11. The van der Waals surface area contributed by atoms with Crippen molar-refractivity contribution in [2.24, 2.45) is 0 Å². The van der Waals surface area contributed by atoms with Crippen LogP contribution in [0.2, 0.25) is 0 Å². The molecule has 0 aliphatic carbocycles. The monoisotopic (exact) mass is 306 g/mol. The van der Waals surface area contributed by atoms with E-state index in [2.05, 4.69) is 4.98 Å². The van der Waals surface area contributed by atoms with E-state index >= 15 is 0 Å². The zero-order valence-corrected chi connectivity index (χ0v) is 12.4. The molecule has 2 aromatic rings. The zero-order valence-electron chi connectivity index (χ0n) is 11.6. The lowest BCUT2D eigenvalue weighted by Crippen LogP contribution is -2.26. The third-order valence-electron chi connectivity index (χ3n) is 2.85. The van der Waals surface area contributed by atoms with Gasteiger partial charge in [0.25, 0.3) is 5.91 Å². The van der Waals surface area contributed by atoms with Crippen LogP contribution in [0.25, 0.3) is 0 Å². The van der Waals surface area contributed by atoms with Crippen LogP contribution in [0.5, 0.6) is 5.75 Å². The van der Waals surface area contributed by atoms with Crippen LogP contribution in [0.15, 0.2) is 29.6 Å². The van der Waals surface area contributed by atoms with Crippen LogP contribution >= 0.6 is 11.3 Å². The molecule has 1 aromatic carbocycles. The van der Waals surface area contributed by atoms with Gasteiger partial charge in [0.15, 0.2) is 10.7 Å². The molecule has 0 radical (unpaired) electrons. The summed E-state index contributed by atoms with van der Waals surface area (Å²) in [5, 5.41) is 10.3. The highest BCUT2D eigenvalue weighted by Gasteiger charge is 2.19. The number of methoxy groups -OCH3 is 1. The van der Waals surface area contributed by atoms with Crippen molar-refractivity contribution in [3.63, 3.8) is 0 Å². The minimum absolute atomic E-state index is 0.117. The largest absolute Gasteiger partial charge is 0.496 e. The molecule has 6 nitrogen and oxygen atoms in total. The van der Waals surface area contributed by atoms with Crippen molar-refractivity contribution in [3.05, 3.63) is 45.9 Å². The smallest absolute Gasteiger partial charge is 0.355 e. The van der Waals surface area contributed by atoms with E-state index in [0.717, 1.165) is 16.9 Å². The van der Waals surface area contributed by atoms with Gasteiger partial charge < -0.3 is 14.7 Å². The van der Waals surface area contributed by atoms with Crippen molar-refractivity contribution in [3.8, 4) is 5.75 Å². The quantitative estimate of drug-likeness (QED) is 0.915. The van der Waals surface area contributed by atoms with Crippen LogP contribution in [0.3, 0.4) is 0 Å². The molecule has 7 heteroatoms. The molecule has 0 saturated carbocycles. The third kappa shape index (κ3) is 3.38. The summed E-state index contributed by atoms with van der Waals surface area (Å²) in [5.41, 5.74) is 0.750. The van der Waals surface area contributed by atoms with Crippen LogP contribution in [0.1, 0.15) is 25.9 Å². The molecule has 0 unspecified atom stereocenters. The maximum atomic E-state index is 12.2. The number of carbonyl (C=O) groups excluding carboxylic acids is 1. The standard InChI is InChI=1S/C14H14N2O4S/c1-16(7-9-5-3-4-6-11(9)20-2)13(17)12-15-10(8-21-12)14(18)19/h3-6,8H,7H2,1-2H3,(H,18,19). The lowest BCUT2D eigenvalue weighted by atomic mass is 10.2. The first-order valence-electron chi connectivity index (χ1n) is 6.09. The van der Waals surface area contributed by atoms with E-state index in [9.17, 15) is 9.59 Å². The Kier molecular flexibility index (Phi) is 4.54. The van der Waals surface area contributed by atoms with Crippen LogP contribution in [0, 0.1) is 0 Å². The summed E-state index contributed by atoms with van der Waals surface area (Å²) in [5.74, 6) is -0.765. The number of aromatic carboxylic acids is 1. The Morgan fingerprint density at radius 2 is 2.10 bits per heavy atom. The average molecular weight is 306 g/mol. The van der Waals surface area contributed by atoms with Crippen LogP contribution in [-0.4, -0.2) is 41.0 Å². The molecule has 1 amide bonds. The minimum Gasteiger partial charge on any atom is -0.496 e. The normalized spacial score (nSPS) is 10.2. The fraction of sp³-hybridized carbons (Fsp3) is 0.214. The van der Waals surface area contributed by atoms with Gasteiger partial charge in [0.05, 0.1) is 7.11 Å². The molecule has 0 fully saturated rings. The summed E-state index contributed by atoms with van der Waals surface area (Å²) in [6, 6.07) is 7.40. The Balaban J connectivity index is 2.13. The summed E-state index contributed by atoms with van der Waals surface area (Å²) in [6.45, 7) is 0.352. The number of amides is 1. The molecule has 21 heavy (non-hydrogen) atoms.